The first kappa shape index (κ1) is 38.2. The molecule has 4 atom stereocenters. The SMILES string of the molecule is CC(C)C(CC(C)(C)CC(C)(N)CC(C(=O)OC(C)(C)CCOC(C)(C)C)C(C)(C)C)C(=O)OCCC1COC(=O)O1. The summed E-state index contributed by atoms with van der Waals surface area (Å²) in [6.45, 7) is 27.0. The van der Waals surface area contributed by atoms with Crippen molar-refractivity contribution in [3.8, 4) is 0 Å². The predicted octanol–water partition coefficient (Wildman–Crippen LogP) is 6.83. The van der Waals surface area contributed by atoms with Crippen LogP contribution < -0.4 is 5.73 Å². The fraction of sp³-hybridized carbons (Fsp3) is 0.909. The molecule has 1 aliphatic heterocycles. The van der Waals surface area contributed by atoms with Crippen LogP contribution in [-0.2, 0) is 33.3 Å². The smallest absolute Gasteiger partial charge is 0.465 e. The monoisotopic (exact) mass is 599 g/mol. The second kappa shape index (κ2) is 14.7. The van der Waals surface area contributed by atoms with Gasteiger partial charge >= 0.3 is 18.1 Å². The number of nitrogens with two attached hydrogens (primary N) is 1. The second-order valence-electron chi connectivity index (χ2n) is 16.3. The van der Waals surface area contributed by atoms with Gasteiger partial charge in [0, 0.05) is 18.4 Å². The Labute approximate surface area is 255 Å². The summed E-state index contributed by atoms with van der Waals surface area (Å²) in [7, 11) is 0. The molecule has 9 heteroatoms. The summed E-state index contributed by atoms with van der Waals surface area (Å²) in [6, 6.07) is 0. The lowest BCUT2D eigenvalue weighted by Crippen LogP contribution is -2.48. The number of hydrogen-bond donors (Lipinski definition) is 1. The van der Waals surface area contributed by atoms with Crippen LogP contribution in [0, 0.1) is 28.6 Å². The third kappa shape index (κ3) is 14.5. The van der Waals surface area contributed by atoms with E-state index < -0.39 is 23.2 Å². The van der Waals surface area contributed by atoms with Crippen LogP contribution in [0.5, 0.6) is 0 Å². The van der Waals surface area contributed by atoms with E-state index in [2.05, 4.69) is 13.8 Å². The largest absolute Gasteiger partial charge is 0.508 e. The second-order valence-corrected chi connectivity index (χ2v) is 16.3. The molecular weight excluding hydrogens is 538 g/mol. The average Bonchev–Trinajstić information content (AvgIpc) is 3.17. The highest BCUT2D eigenvalue weighted by Gasteiger charge is 2.42. The van der Waals surface area contributed by atoms with Crippen LogP contribution in [0.25, 0.3) is 0 Å². The Morgan fingerprint density at radius 3 is 2.00 bits per heavy atom. The molecule has 1 saturated heterocycles. The van der Waals surface area contributed by atoms with Crippen molar-refractivity contribution in [2.75, 3.05) is 19.8 Å². The van der Waals surface area contributed by atoms with Crippen LogP contribution in [0.1, 0.15) is 122 Å². The van der Waals surface area contributed by atoms with Crippen molar-refractivity contribution >= 4 is 18.1 Å². The molecule has 0 bridgehead atoms. The highest BCUT2D eigenvalue weighted by Crippen LogP contribution is 2.41. The summed E-state index contributed by atoms with van der Waals surface area (Å²) >= 11 is 0. The van der Waals surface area contributed by atoms with Gasteiger partial charge in [-0.1, -0.05) is 48.5 Å². The molecule has 0 aromatic heterocycles. The number of cyclic esters (lactones) is 2. The van der Waals surface area contributed by atoms with Gasteiger partial charge in [-0.25, -0.2) is 4.79 Å². The van der Waals surface area contributed by atoms with Gasteiger partial charge in [0.15, 0.2) is 0 Å². The zero-order valence-corrected chi connectivity index (χ0v) is 28.8. The number of esters is 2. The fourth-order valence-corrected chi connectivity index (χ4v) is 5.54. The van der Waals surface area contributed by atoms with Crippen LogP contribution >= 0.6 is 0 Å². The van der Waals surface area contributed by atoms with Crippen molar-refractivity contribution in [1.82, 2.24) is 0 Å². The molecule has 0 radical (unpaired) electrons. The molecule has 42 heavy (non-hydrogen) atoms. The molecule has 1 fully saturated rings. The zero-order chi connectivity index (χ0) is 32.7. The zero-order valence-electron chi connectivity index (χ0n) is 28.8. The number of carbonyl (C=O) groups is 3. The standard InChI is InChI=1S/C33H61NO8/c1-22(2)24(26(35)38-16-14-23-20-39-28(37)41-23)18-31(9,10)21-33(13,34)19-25(29(3,4)5)27(36)42-32(11,12)15-17-40-30(6,7)8/h22-25H,14-21,34H2,1-13H3. The number of rotatable bonds is 16. The summed E-state index contributed by atoms with van der Waals surface area (Å²) in [6.07, 6.45) is 1.56. The van der Waals surface area contributed by atoms with Gasteiger partial charge in [-0.2, -0.15) is 0 Å². The van der Waals surface area contributed by atoms with Gasteiger partial charge < -0.3 is 29.4 Å². The van der Waals surface area contributed by atoms with Crippen molar-refractivity contribution in [2.45, 2.75) is 145 Å². The predicted molar refractivity (Wildman–Crippen MR) is 164 cm³/mol. The van der Waals surface area contributed by atoms with Gasteiger partial charge in [0.1, 0.15) is 18.3 Å². The first-order valence-corrected chi connectivity index (χ1v) is 15.5. The molecule has 1 heterocycles. The molecular formula is C33H61NO8. The molecule has 1 aliphatic rings. The lowest BCUT2D eigenvalue weighted by atomic mass is 9.67. The molecule has 0 aromatic rings. The molecule has 0 amide bonds. The Morgan fingerprint density at radius 1 is 0.929 bits per heavy atom. The molecule has 0 saturated carbocycles. The maximum absolute atomic E-state index is 13.6. The first-order valence-electron chi connectivity index (χ1n) is 15.5. The van der Waals surface area contributed by atoms with Gasteiger partial charge in [0.25, 0.3) is 0 Å². The molecule has 0 spiro atoms. The minimum Gasteiger partial charge on any atom is -0.465 e. The number of hydrogen-bond acceptors (Lipinski definition) is 9. The number of ether oxygens (including phenoxy) is 5. The first-order chi connectivity index (χ1) is 18.8. The summed E-state index contributed by atoms with van der Waals surface area (Å²) < 4.78 is 27.3. The van der Waals surface area contributed by atoms with Crippen molar-refractivity contribution < 1.29 is 38.1 Å². The highest BCUT2D eigenvalue weighted by atomic mass is 16.8. The maximum Gasteiger partial charge on any atom is 0.508 e. The summed E-state index contributed by atoms with van der Waals surface area (Å²) in [4.78, 5) is 37.7. The highest BCUT2D eigenvalue weighted by molar-refractivity contribution is 5.74. The lowest BCUT2D eigenvalue weighted by Gasteiger charge is -2.41. The summed E-state index contributed by atoms with van der Waals surface area (Å²) in [5.41, 5.74) is 4.65. The lowest BCUT2D eigenvalue weighted by molar-refractivity contribution is -0.169. The normalized spacial score (nSPS) is 19.5. The Morgan fingerprint density at radius 2 is 1.52 bits per heavy atom. The van der Waals surface area contributed by atoms with E-state index in [0.29, 0.717) is 38.7 Å². The van der Waals surface area contributed by atoms with Crippen LogP contribution in [0.2, 0.25) is 0 Å². The van der Waals surface area contributed by atoms with E-state index in [1.807, 2.05) is 76.2 Å². The average molecular weight is 600 g/mol. The van der Waals surface area contributed by atoms with E-state index in [9.17, 15) is 14.4 Å². The van der Waals surface area contributed by atoms with Gasteiger partial charge in [0.05, 0.1) is 30.7 Å². The van der Waals surface area contributed by atoms with Gasteiger partial charge in [-0.05, 0) is 77.6 Å². The third-order valence-electron chi connectivity index (χ3n) is 7.71. The Bertz CT molecular complexity index is 895. The van der Waals surface area contributed by atoms with E-state index in [0.717, 1.165) is 0 Å². The molecule has 4 unspecified atom stereocenters. The van der Waals surface area contributed by atoms with Crippen molar-refractivity contribution in [3.63, 3.8) is 0 Å². The Kier molecular flexibility index (Phi) is 13.4. The van der Waals surface area contributed by atoms with E-state index in [1.54, 1.807) is 0 Å². The Balaban J connectivity index is 2.85. The van der Waals surface area contributed by atoms with Gasteiger partial charge in [0.2, 0.25) is 0 Å². The van der Waals surface area contributed by atoms with Crippen LogP contribution in [0.3, 0.4) is 0 Å². The Hall–Kier alpha value is -1.87. The third-order valence-corrected chi connectivity index (χ3v) is 7.71. The van der Waals surface area contributed by atoms with E-state index in [4.69, 9.17) is 29.4 Å². The minimum absolute atomic E-state index is 0.0650. The van der Waals surface area contributed by atoms with Crippen LogP contribution in [-0.4, -0.2) is 60.8 Å². The van der Waals surface area contributed by atoms with E-state index >= 15 is 0 Å². The summed E-state index contributed by atoms with van der Waals surface area (Å²) in [5.74, 6) is -1.19. The van der Waals surface area contributed by atoms with Crippen molar-refractivity contribution in [2.24, 2.45) is 34.3 Å². The molecule has 9 nitrogen and oxygen atoms in total. The molecule has 1 rings (SSSR count). The van der Waals surface area contributed by atoms with Crippen LogP contribution in [0.15, 0.2) is 0 Å². The molecule has 246 valence electrons. The van der Waals surface area contributed by atoms with Crippen molar-refractivity contribution in [3.05, 3.63) is 0 Å². The van der Waals surface area contributed by atoms with E-state index in [1.165, 1.54) is 0 Å². The minimum atomic E-state index is -0.686. The molecule has 0 aromatic carbocycles. The number of carbonyl (C=O) groups excluding carboxylic acids is 3. The van der Waals surface area contributed by atoms with Crippen molar-refractivity contribution in [1.29, 1.82) is 0 Å². The van der Waals surface area contributed by atoms with Crippen LogP contribution in [0.4, 0.5) is 4.79 Å². The molecule has 2 N–H and O–H groups in total. The van der Waals surface area contributed by atoms with E-state index in [-0.39, 0.29) is 59.5 Å². The quantitative estimate of drug-likeness (QED) is 0.150. The topological polar surface area (TPSA) is 123 Å². The molecule has 0 aliphatic carbocycles. The van der Waals surface area contributed by atoms with Gasteiger partial charge in [-0.3, -0.25) is 9.59 Å². The maximum atomic E-state index is 13.6. The van der Waals surface area contributed by atoms with Gasteiger partial charge in [-0.15, -0.1) is 0 Å². The fourth-order valence-electron chi connectivity index (χ4n) is 5.54. The summed E-state index contributed by atoms with van der Waals surface area (Å²) in [5, 5.41) is 0.